The number of aliphatic hydroxyl groups excluding tert-OH is 1. The number of aromatic nitrogens is 3. The first-order chi connectivity index (χ1) is 11.6. The maximum atomic E-state index is 12.5. The Kier molecular flexibility index (Phi) is 4.59. The molecule has 2 heterocycles. The number of amides is 1. The molecule has 0 bridgehead atoms. The molecule has 2 aromatic heterocycles. The minimum absolute atomic E-state index is 0.182. The average Bonchev–Trinajstić information content (AvgIpc) is 2.97. The highest BCUT2D eigenvalue weighted by Crippen LogP contribution is 2.20. The van der Waals surface area contributed by atoms with Crippen LogP contribution in [0.2, 0.25) is 5.02 Å². The second kappa shape index (κ2) is 6.82. The smallest absolute Gasteiger partial charge is 0.259 e. The molecule has 1 amide bonds. The number of aliphatic hydroxyl groups is 1. The Hall–Kier alpha value is -2.70. The van der Waals surface area contributed by atoms with E-state index in [1.165, 1.54) is 12.4 Å². The molecule has 0 spiro atoms. The van der Waals surface area contributed by atoms with Gasteiger partial charge in [-0.05, 0) is 31.2 Å². The van der Waals surface area contributed by atoms with Crippen LogP contribution in [0.5, 0.6) is 0 Å². The van der Waals surface area contributed by atoms with Gasteiger partial charge in [0.05, 0.1) is 41.6 Å². The largest absolute Gasteiger partial charge is 0.392 e. The van der Waals surface area contributed by atoms with Crippen LogP contribution >= 0.6 is 11.6 Å². The van der Waals surface area contributed by atoms with Gasteiger partial charge >= 0.3 is 0 Å². The molecule has 0 aliphatic rings. The van der Waals surface area contributed by atoms with E-state index in [-0.39, 0.29) is 12.5 Å². The van der Waals surface area contributed by atoms with Crippen molar-refractivity contribution in [3.8, 4) is 5.69 Å². The van der Waals surface area contributed by atoms with Crippen LogP contribution in [-0.2, 0) is 6.61 Å². The molecular formula is C17H15ClN4O2. The van der Waals surface area contributed by atoms with Crippen molar-refractivity contribution < 1.29 is 9.90 Å². The van der Waals surface area contributed by atoms with E-state index in [1.807, 2.05) is 12.1 Å². The number of halogens is 1. The van der Waals surface area contributed by atoms with Crippen molar-refractivity contribution >= 4 is 23.2 Å². The van der Waals surface area contributed by atoms with Crippen molar-refractivity contribution in [2.24, 2.45) is 0 Å². The van der Waals surface area contributed by atoms with Crippen molar-refractivity contribution in [1.82, 2.24) is 14.8 Å². The normalized spacial score (nSPS) is 10.6. The van der Waals surface area contributed by atoms with Gasteiger partial charge in [0.25, 0.3) is 5.91 Å². The van der Waals surface area contributed by atoms with E-state index in [4.69, 9.17) is 11.6 Å². The number of nitrogens with one attached hydrogen (secondary N) is 1. The average molecular weight is 343 g/mol. The Morgan fingerprint density at radius 3 is 2.92 bits per heavy atom. The van der Waals surface area contributed by atoms with Gasteiger partial charge in [-0.2, -0.15) is 5.10 Å². The highest BCUT2D eigenvalue weighted by molar-refractivity contribution is 6.30. The van der Waals surface area contributed by atoms with Crippen LogP contribution in [0.4, 0.5) is 5.69 Å². The topological polar surface area (TPSA) is 80.0 Å². The fourth-order valence-electron chi connectivity index (χ4n) is 2.36. The molecule has 0 fully saturated rings. The molecule has 24 heavy (non-hydrogen) atoms. The van der Waals surface area contributed by atoms with E-state index in [0.29, 0.717) is 27.5 Å². The first-order valence-electron chi connectivity index (χ1n) is 7.26. The van der Waals surface area contributed by atoms with Gasteiger partial charge in [0.1, 0.15) is 0 Å². The van der Waals surface area contributed by atoms with Gasteiger partial charge in [-0.15, -0.1) is 0 Å². The first-order valence-corrected chi connectivity index (χ1v) is 7.63. The van der Waals surface area contributed by atoms with Crippen LogP contribution < -0.4 is 5.32 Å². The molecule has 0 unspecified atom stereocenters. The Morgan fingerprint density at radius 1 is 1.33 bits per heavy atom. The predicted molar refractivity (Wildman–Crippen MR) is 91.4 cm³/mol. The molecule has 6 nitrogen and oxygen atoms in total. The molecule has 1 aromatic carbocycles. The summed E-state index contributed by atoms with van der Waals surface area (Å²) >= 11 is 6.01. The zero-order valence-electron chi connectivity index (χ0n) is 12.9. The van der Waals surface area contributed by atoms with Crippen LogP contribution in [0.3, 0.4) is 0 Å². The van der Waals surface area contributed by atoms with Gasteiger partial charge in [0.2, 0.25) is 0 Å². The number of hydrogen-bond donors (Lipinski definition) is 2. The van der Waals surface area contributed by atoms with Crippen LogP contribution in [0.15, 0.2) is 48.9 Å². The summed E-state index contributed by atoms with van der Waals surface area (Å²) in [5.41, 5.74) is 2.96. The van der Waals surface area contributed by atoms with Crippen molar-refractivity contribution in [2.75, 3.05) is 5.32 Å². The second-order valence-corrected chi connectivity index (χ2v) is 5.62. The maximum Gasteiger partial charge on any atom is 0.259 e. The van der Waals surface area contributed by atoms with Gasteiger partial charge in [-0.1, -0.05) is 17.7 Å². The molecule has 0 aliphatic heterocycles. The van der Waals surface area contributed by atoms with E-state index in [0.717, 1.165) is 5.69 Å². The molecule has 0 radical (unpaired) electrons. The fraction of sp³-hybridized carbons (Fsp3) is 0.118. The van der Waals surface area contributed by atoms with Gasteiger partial charge in [-0.25, -0.2) is 4.68 Å². The van der Waals surface area contributed by atoms with Gasteiger partial charge < -0.3 is 10.4 Å². The van der Waals surface area contributed by atoms with Crippen molar-refractivity contribution in [3.05, 3.63) is 70.8 Å². The Bertz CT molecular complexity index is 892. The number of carbonyl (C=O) groups excluding carboxylic acids is 1. The lowest BCUT2D eigenvalue weighted by molar-refractivity contribution is 0.102. The van der Waals surface area contributed by atoms with Gasteiger partial charge in [0.15, 0.2) is 0 Å². The third kappa shape index (κ3) is 3.15. The van der Waals surface area contributed by atoms with Crippen LogP contribution in [0.1, 0.15) is 21.6 Å². The summed E-state index contributed by atoms with van der Waals surface area (Å²) in [6.07, 6.45) is 4.56. The number of pyridine rings is 1. The monoisotopic (exact) mass is 342 g/mol. The van der Waals surface area contributed by atoms with Gasteiger partial charge in [0, 0.05) is 16.8 Å². The summed E-state index contributed by atoms with van der Waals surface area (Å²) < 4.78 is 1.65. The number of benzene rings is 1. The standard InChI is InChI=1S/C17H15ClN4O2/c1-11-15(8-20-22(11)14-4-2-3-13(18)7-14)17(24)21-16-9-19-6-5-12(16)10-23/h2-9,23H,10H2,1H3,(H,21,24). The molecule has 7 heteroatoms. The maximum absolute atomic E-state index is 12.5. The minimum atomic E-state index is -0.316. The summed E-state index contributed by atoms with van der Waals surface area (Å²) in [6.45, 7) is 1.62. The number of anilines is 1. The van der Waals surface area contributed by atoms with Crippen molar-refractivity contribution in [2.45, 2.75) is 13.5 Å². The number of hydrogen-bond acceptors (Lipinski definition) is 4. The van der Waals surface area contributed by atoms with Crippen LogP contribution in [0.25, 0.3) is 5.69 Å². The molecule has 3 rings (SSSR count). The van der Waals surface area contributed by atoms with Crippen molar-refractivity contribution in [1.29, 1.82) is 0 Å². The van der Waals surface area contributed by atoms with Crippen LogP contribution in [-0.4, -0.2) is 25.8 Å². The summed E-state index contributed by atoms with van der Waals surface area (Å²) in [7, 11) is 0. The zero-order valence-corrected chi connectivity index (χ0v) is 13.7. The Morgan fingerprint density at radius 2 is 2.17 bits per heavy atom. The lowest BCUT2D eigenvalue weighted by Gasteiger charge is -2.09. The molecule has 0 atom stereocenters. The van der Waals surface area contributed by atoms with E-state index in [2.05, 4.69) is 15.4 Å². The molecule has 0 saturated carbocycles. The lowest BCUT2D eigenvalue weighted by Crippen LogP contribution is -2.14. The highest BCUT2D eigenvalue weighted by atomic mass is 35.5. The number of rotatable bonds is 4. The van der Waals surface area contributed by atoms with Gasteiger partial charge in [-0.3, -0.25) is 9.78 Å². The van der Waals surface area contributed by atoms with Crippen molar-refractivity contribution in [3.63, 3.8) is 0 Å². The number of carbonyl (C=O) groups is 1. The summed E-state index contributed by atoms with van der Waals surface area (Å²) in [6, 6.07) is 8.88. The Labute approximate surface area is 143 Å². The lowest BCUT2D eigenvalue weighted by atomic mass is 10.2. The highest BCUT2D eigenvalue weighted by Gasteiger charge is 2.16. The van der Waals surface area contributed by atoms with E-state index < -0.39 is 0 Å². The third-order valence-electron chi connectivity index (χ3n) is 3.64. The predicted octanol–water partition coefficient (Wildman–Crippen LogP) is 2.97. The molecule has 122 valence electrons. The third-order valence-corrected chi connectivity index (χ3v) is 3.87. The van der Waals surface area contributed by atoms with E-state index in [1.54, 1.807) is 36.0 Å². The number of nitrogens with zero attached hydrogens (tertiary/aromatic N) is 3. The molecular weight excluding hydrogens is 328 g/mol. The summed E-state index contributed by atoms with van der Waals surface area (Å²) in [5.74, 6) is -0.316. The Balaban J connectivity index is 1.89. The quantitative estimate of drug-likeness (QED) is 0.764. The minimum Gasteiger partial charge on any atom is -0.392 e. The zero-order chi connectivity index (χ0) is 17.1. The second-order valence-electron chi connectivity index (χ2n) is 5.18. The molecule has 0 saturated heterocycles. The van der Waals surface area contributed by atoms with E-state index in [9.17, 15) is 9.90 Å². The SMILES string of the molecule is Cc1c(C(=O)Nc2cnccc2CO)cnn1-c1cccc(Cl)c1. The fourth-order valence-corrected chi connectivity index (χ4v) is 2.55. The summed E-state index contributed by atoms with van der Waals surface area (Å²) in [5, 5.41) is 16.9. The molecule has 0 aliphatic carbocycles. The van der Waals surface area contributed by atoms with E-state index >= 15 is 0 Å². The first kappa shape index (κ1) is 16.2. The molecule has 2 N–H and O–H groups in total. The molecule has 3 aromatic rings. The summed E-state index contributed by atoms with van der Waals surface area (Å²) in [4.78, 5) is 16.5. The van der Waals surface area contributed by atoms with Crippen LogP contribution in [0, 0.1) is 6.92 Å².